The van der Waals surface area contributed by atoms with E-state index in [0.717, 1.165) is 32.4 Å². The van der Waals surface area contributed by atoms with E-state index in [1.807, 2.05) is 0 Å². The second kappa shape index (κ2) is 5.62. The number of nitrogens with one attached hydrogen (secondary N) is 1. The fraction of sp³-hybridized carbons (Fsp3) is 0.882. The molecule has 4 heteroatoms. The normalized spacial score (nSPS) is 35.8. The Hall–Kier alpha value is -1.06. The first-order valence-corrected chi connectivity index (χ1v) is 8.55. The molecule has 2 amide bonds. The van der Waals surface area contributed by atoms with Crippen molar-refractivity contribution in [2.75, 3.05) is 13.1 Å². The van der Waals surface area contributed by atoms with E-state index >= 15 is 0 Å². The van der Waals surface area contributed by atoms with Crippen LogP contribution in [0.5, 0.6) is 0 Å². The molecule has 0 aromatic rings. The second-order valence-electron chi connectivity index (χ2n) is 7.83. The number of nitrogens with zero attached hydrogens (tertiary/aromatic N) is 1. The molecular formula is C17H28N2O2. The third kappa shape index (κ3) is 2.95. The van der Waals surface area contributed by atoms with Gasteiger partial charge in [0.1, 0.15) is 0 Å². The molecule has 0 bridgehead atoms. The van der Waals surface area contributed by atoms with E-state index in [4.69, 9.17) is 0 Å². The van der Waals surface area contributed by atoms with Gasteiger partial charge in [-0.05, 0) is 37.0 Å². The number of piperidine rings is 2. The molecule has 0 aromatic carbocycles. The number of hydrogen-bond acceptors (Lipinski definition) is 2. The average molecular weight is 292 g/mol. The molecule has 1 aliphatic carbocycles. The largest absolute Gasteiger partial charge is 0.353 e. The number of carbonyl (C=O) groups excluding carboxylic acids is 2. The third-order valence-electron chi connectivity index (χ3n) is 5.94. The number of carbonyl (C=O) groups is 2. The molecule has 118 valence electrons. The molecular weight excluding hydrogens is 264 g/mol. The smallest absolute Gasteiger partial charge is 0.226 e. The Bertz CT molecular complexity index is 433. The van der Waals surface area contributed by atoms with Gasteiger partial charge in [0.25, 0.3) is 0 Å². The van der Waals surface area contributed by atoms with Crippen LogP contribution in [0, 0.1) is 17.3 Å². The monoisotopic (exact) mass is 292 g/mol. The van der Waals surface area contributed by atoms with Crippen LogP contribution < -0.4 is 5.32 Å². The molecule has 0 spiro atoms. The maximum absolute atomic E-state index is 12.9. The number of hydrogen-bond donors (Lipinski definition) is 1. The van der Waals surface area contributed by atoms with Crippen molar-refractivity contribution in [2.24, 2.45) is 17.3 Å². The third-order valence-corrected chi connectivity index (χ3v) is 5.94. The topological polar surface area (TPSA) is 49.4 Å². The van der Waals surface area contributed by atoms with E-state index in [0.29, 0.717) is 24.3 Å². The van der Waals surface area contributed by atoms with Crippen molar-refractivity contribution in [3.63, 3.8) is 0 Å². The standard InChI is InChI=1S/C17H28N2O2/c1-17(2)9-4-3-5-13(17)16(21)19-10-8-14-12(11-19)6-7-15(20)18-14/h12-14H,3-11H2,1-2H3,(H,18,20). The first-order valence-electron chi connectivity index (χ1n) is 8.55. The van der Waals surface area contributed by atoms with Crippen molar-refractivity contribution in [1.29, 1.82) is 0 Å². The molecule has 3 unspecified atom stereocenters. The molecule has 3 fully saturated rings. The van der Waals surface area contributed by atoms with Gasteiger partial charge in [-0.3, -0.25) is 9.59 Å². The number of rotatable bonds is 1. The molecule has 3 atom stereocenters. The van der Waals surface area contributed by atoms with Crippen LogP contribution in [0.1, 0.15) is 58.8 Å². The Morgan fingerprint density at radius 1 is 1.24 bits per heavy atom. The maximum Gasteiger partial charge on any atom is 0.226 e. The lowest BCUT2D eigenvalue weighted by molar-refractivity contribution is -0.144. The van der Waals surface area contributed by atoms with Crippen molar-refractivity contribution in [3.05, 3.63) is 0 Å². The summed E-state index contributed by atoms with van der Waals surface area (Å²) in [6, 6.07) is 0.301. The average Bonchev–Trinajstić information content (AvgIpc) is 2.45. The fourth-order valence-electron chi connectivity index (χ4n) is 4.48. The summed E-state index contributed by atoms with van der Waals surface area (Å²) in [4.78, 5) is 26.5. The van der Waals surface area contributed by atoms with Gasteiger partial charge in [-0.1, -0.05) is 26.7 Å². The SMILES string of the molecule is CC1(C)CCCCC1C(=O)N1CCC2NC(=O)CCC2C1. The zero-order chi connectivity index (χ0) is 15.0. The summed E-state index contributed by atoms with van der Waals surface area (Å²) in [5.41, 5.74) is 0.146. The molecule has 3 aliphatic rings. The zero-order valence-electron chi connectivity index (χ0n) is 13.4. The lowest BCUT2D eigenvalue weighted by Crippen LogP contribution is -2.56. The minimum absolute atomic E-state index is 0.146. The summed E-state index contributed by atoms with van der Waals surface area (Å²) in [5, 5.41) is 3.10. The summed E-state index contributed by atoms with van der Waals surface area (Å²) < 4.78 is 0. The minimum atomic E-state index is 0.146. The Labute approximate surface area is 127 Å². The number of fused-ring (bicyclic) bond motifs is 1. The summed E-state index contributed by atoms with van der Waals surface area (Å²) in [6.07, 6.45) is 7.15. The van der Waals surface area contributed by atoms with Crippen molar-refractivity contribution >= 4 is 11.8 Å². The van der Waals surface area contributed by atoms with Gasteiger partial charge in [-0.2, -0.15) is 0 Å². The van der Waals surface area contributed by atoms with E-state index in [2.05, 4.69) is 24.1 Å². The Kier molecular flexibility index (Phi) is 3.98. The van der Waals surface area contributed by atoms with Crippen molar-refractivity contribution < 1.29 is 9.59 Å². The number of likely N-dealkylation sites (tertiary alicyclic amines) is 1. The fourth-order valence-corrected chi connectivity index (χ4v) is 4.48. The zero-order valence-corrected chi connectivity index (χ0v) is 13.4. The first kappa shape index (κ1) is 14.9. The molecule has 2 heterocycles. The minimum Gasteiger partial charge on any atom is -0.353 e. The van der Waals surface area contributed by atoms with Crippen molar-refractivity contribution in [1.82, 2.24) is 10.2 Å². The highest BCUT2D eigenvalue weighted by atomic mass is 16.2. The van der Waals surface area contributed by atoms with Crippen LogP contribution in [-0.4, -0.2) is 35.8 Å². The Balaban J connectivity index is 1.65. The van der Waals surface area contributed by atoms with Gasteiger partial charge in [0.2, 0.25) is 11.8 Å². The van der Waals surface area contributed by atoms with Gasteiger partial charge >= 0.3 is 0 Å². The van der Waals surface area contributed by atoms with Crippen LogP contribution in [0.25, 0.3) is 0 Å². The van der Waals surface area contributed by atoms with E-state index in [9.17, 15) is 9.59 Å². The Morgan fingerprint density at radius 2 is 2.05 bits per heavy atom. The van der Waals surface area contributed by atoms with Gasteiger partial charge < -0.3 is 10.2 Å². The van der Waals surface area contributed by atoms with E-state index in [1.165, 1.54) is 19.3 Å². The van der Waals surface area contributed by atoms with Crippen LogP contribution in [0.15, 0.2) is 0 Å². The predicted molar refractivity (Wildman–Crippen MR) is 81.6 cm³/mol. The first-order chi connectivity index (χ1) is 9.97. The lowest BCUT2D eigenvalue weighted by Gasteiger charge is -2.45. The van der Waals surface area contributed by atoms with Gasteiger partial charge in [0.15, 0.2) is 0 Å². The van der Waals surface area contributed by atoms with Gasteiger partial charge in [0, 0.05) is 31.5 Å². The summed E-state index contributed by atoms with van der Waals surface area (Å²) in [6.45, 7) is 6.16. The summed E-state index contributed by atoms with van der Waals surface area (Å²) in [7, 11) is 0. The van der Waals surface area contributed by atoms with Crippen molar-refractivity contribution in [3.8, 4) is 0 Å². The van der Waals surface area contributed by atoms with E-state index in [1.54, 1.807) is 0 Å². The molecule has 0 aromatic heterocycles. The van der Waals surface area contributed by atoms with Gasteiger partial charge in [-0.25, -0.2) is 0 Å². The molecule has 3 rings (SSSR count). The maximum atomic E-state index is 12.9. The highest BCUT2D eigenvalue weighted by Gasteiger charge is 2.42. The van der Waals surface area contributed by atoms with Crippen LogP contribution in [0.3, 0.4) is 0 Å². The van der Waals surface area contributed by atoms with E-state index in [-0.39, 0.29) is 17.2 Å². The number of amides is 2. The van der Waals surface area contributed by atoms with Gasteiger partial charge in [0.05, 0.1) is 0 Å². The molecule has 2 aliphatic heterocycles. The van der Waals surface area contributed by atoms with Crippen LogP contribution in [0.4, 0.5) is 0 Å². The van der Waals surface area contributed by atoms with Crippen molar-refractivity contribution in [2.45, 2.75) is 64.8 Å². The Morgan fingerprint density at radius 3 is 2.81 bits per heavy atom. The lowest BCUT2D eigenvalue weighted by atomic mass is 9.68. The molecule has 1 saturated carbocycles. The van der Waals surface area contributed by atoms with Crippen LogP contribution in [0.2, 0.25) is 0 Å². The van der Waals surface area contributed by atoms with Crippen LogP contribution >= 0.6 is 0 Å². The second-order valence-corrected chi connectivity index (χ2v) is 7.83. The molecule has 0 radical (unpaired) electrons. The summed E-state index contributed by atoms with van der Waals surface area (Å²) in [5.74, 6) is 1.22. The van der Waals surface area contributed by atoms with E-state index < -0.39 is 0 Å². The highest BCUT2D eigenvalue weighted by Crippen LogP contribution is 2.42. The predicted octanol–water partition coefficient (Wildman–Crippen LogP) is 2.33. The van der Waals surface area contributed by atoms with Crippen LogP contribution in [-0.2, 0) is 9.59 Å². The molecule has 21 heavy (non-hydrogen) atoms. The highest BCUT2D eigenvalue weighted by molar-refractivity contribution is 5.80. The molecule has 2 saturated heterocycles. The van der Waals surface area contributed by atoms with Gasteiger partial charge in [-0.15, -0.1) is 0 Å². The summed E-state index contributed by atoms with van der Waals surface area (Å²) >= 11 is 0. The molecule has 4 nitrogen and oxygen atoms in total. The molecule has 1 N–H and O–H groups in total. The quantitative estimate of drug-likeness (QED) is 0.806.